The molecule has 0 aliphatic heterocycles. The fourth-order valence-corrected chi connectivity index (χ4v) is 1.19. The molecule has 0 amide bonds. The van der Waals surface area contributed by atoms with Gasteiger partial charge in [0.05, 0.1) is 0 Å². The normalized spacial score (nSPS) is 12.8. The van der Waals surface area contributed by atoms with E-state index in [0.717, 1.165) is 19.4 Å². The summed E-state index contributed by atoms with van der Waals surface area (Å²) in [6.07, 6.45) is 5.39. The Morgan fingerprint density at radius 1 is 1.62 bits per heavy atom. The smallest absolute Gasteiger partial charge is 0.0477 e. The number of pyridine rings is 1. The number of nitrogens with two attached hydrogens (primary N) is 1. The van der Waals surface area contributed by atoms with Crippen LogP contribution in [-0.2, 0) is 11.2 Å². The third kappa shape index (κ3) is 4.01. The number of rotatable bonds is 5. The summed E-state index contributed by atoms with van der Waals surface area (Å²) in [5.74, 6) is 0. The van der Waals surface area contributed by atoms with Crippen molar-refractivity contribution in [3.63, 3.8) is 0 Å². The SMILES string of the molecule is COCCC(N)Cc1cccnc1. The van der Waals surface area contributed by atoms with Crippen LogP contribution in [0.25, 0.3) is 0 Å². The Hall–Kier alpha value is -0.930. The lowest BCUT2D eigenvalue weighted by Crippen LogP contribution is -2.24. The van der Waals surface area contributed by atoms with Crippen molar-refractivity contribution in [2.75, 3.05) is 13.7 Å². The summed E-state index contributed by atoms with van der Waals surface area (Å²) >= 11 is 0. The van der Waals surface area contributed by atoms with Gasteiger partial charge in [-0.25, -0.2) is 0 Å². The fraction of sp³-hybridized carbons (Fsp3) is 0.500. The van der Waals surface area contributed by atoms with E-state index in [2.05, 4.69) is 4.98 Å². The second kappa shape index (κ2) is 5.67. The lowest BCUT2D eigenvalue weighted by atomic mass is 10.1. The van der Waals surface area contributed by atoms with E-state index in [1.54, 1.807) is 13.3 Å². The molecule has 3 nitrogen and oxygen atoms in total. The lowest BCUT2D eigenvalue weighted by Gasteiger charge is -2.09. The van der Waals surface area contributed by atoms with E-state index in [1.165, 1.54) is 5.56 Å². The maximum atomic E-state index is 5.88. The van der Waals surface area contributed by atoms with Crippen molar-refractivity contribution in [1.29, 1.82) is 0 Å². The first-order chi connectivity index (χ1) is 6.33. The molecule has 0 aliphatic carbocycles. The summed E-state index contributed by atoms with van der Waals surface area (Å²) in [5.41, 5.74) is 7.07. The Kier molecular flexibility index (Phi) is 4.43. The minimum atomic E-state index is 0.171. The Labute approximate surface area is 78.9 Å². The van der Waals surface area contributed by atoms with Gasteiger partial charge in [-0.3, -0.25) is 4.98 Å². The van der Waals surface area contributed by atoms with Crippen LogP contribution in [0.5, 0.6) is 0 Å². The predicted octanol–water partition coefficient (Wildman–Crippen LogP) is 0.988. The molecule has 3 heteroatoms. The van der Waals surface area contributed by atoms with Gasteiger partial charge in [-0.15, -0.1) is 0 Å². The molecule has 0 spiro atoms. The van der Waals surface area contributed by atoms with Crippen molar-refractivity contribution in [2.45, 2.75) is 18.9 Å². The van der Waals surface area contributed by atoms with E-state index < -0.39 is 0 Å². The molecule has 1 aromatic rings. The van der Waals surface area contributed by atoms with Crippen LogP contribution in [0, 0.1) is 0 Å². The van der Waals surface area contributed by atoms with Crippen molar-refractivity contribution in [2.24, 2.45) is 5.73 Å². The molecule has 0 aromatic carbocycles. The summed E-state index contributed by atoms with van der Waals surface area (Å²) in [6, 6.07) is 4.14. The maximum absolute atomic E-state index is 5.88. The minimum Gasteiger partial charge on any atom is -0.385 e. The molecule has 0 radical (unpaired) electrons. The van der Waals surface area contributed by atoms with E-state index in [0.29, 0.717) is 0 Å². The quantitative estimate of drug-likeness (QED) is 0.735. The standard InChI is InChI=1S/C10H16N2O/c1-13-6-4-10(11)7-9-3-2-5-12-8-9/h2-3,5,8,10H,4,6-7,11H2,1H3. The van der Waals surface area contributed by atoms with E-state index in [9.17, 15) is 0 Å². The number of hydrogen-bond donors (Lipinski definition) is 1. The molecule has 1 atom stereocenters. The highest BCUT2D eigenvalue weighted by molar-refractivity contribution is 5.09. The Morgan fingerprint density at radius 3 is 3.08 bits per heavy atom. The van der Waals surface area contributed by atoms with Crippen LogP contribution in [0.1, 0.15) is 12.0 Å². The first kappa shape index (κ1) is 10.2. The van der Waals surface area contributed by atoms with Crippen LogP contribution in [0.15, 0.2) is 24.5 Å². The van der Waals surface area contributed by atoms with Crippen LogP contribution in [0.4, 0.5) is 0 Å². The van der Waals surface area contributed by atoms with Crippen LogP contribution < -0.4 is 5.73 Å². The van der Waals surface area contributed by atoms with Gasteiger partial charge < -0.3 is 10.5 Å². The number of nitrogens with zero attached hydrogens (tertiary/aromatic N) is 1. The van der Waals surface area contributed by atoms with Crippen molar-refractivity contribution in [3.8, 4) is 0 Å². The van der Waals surface area contributed by atoms with Gasteiger partial charge in [0, 0.05) is 32.2 Å². The fourth-order valence-electron chi connectivity index (χ4n) is 1.19. The van der Waals surface area contributed by atoms with Crippen LogP contribution >= 0.6 is 0 Å². The van der Waals surface area contributed by atoms with Gasteiger partial charge in [-0.1, -0.05) is 6.07 Å². The number of aromatic nitrogens is 1. The second-order valence-corrected chi connectivity index (χ2v) is 3.11. The largest absolute Gasteiger partial charge is 0.385 e. The molecular weight excluding hydrogens is 164 g/mol. The number of methoxy groups -OCH3 is 1. The Bertz CT molecular complexity index is 226. The third-order valence-electron chi connectivity index (χ3n) is 1.91. The molecule has 1 unspecified atom stereocenters. The van der Waals surface area contributed by atoms with Gasteiger partial charge >= 0.3 is 0 Å². The van der Waals surface area contributed by atoms with E-state index in [-0.39, 0.29) is 6.04 Å². The molecule has 0 fully saturated rings. The first-order valence-corrected chi connectivity index (χ1v) is 4.46. The van der Waals surface area contributed by atoms with Crippen LogP contribution in [-0.4, -0.2) is 24.7 Å². The highest BCUT2D eigenvalue weighted by Crippen LogP contribution is 2.02. The Balaban J connectivity index is 2.32. The van der Waals surface area contributed by atoms with Gasteiger partial charge in [0.2, 0.25) is 0 Å². The highest BCUT2D eigenvalue weighted by Gasteiger charge is 2.02. The van der Waals surface area contributed by atoms with Gasteiger partial charge in [0.15, 0.2) is 0 Å². The van der Waals surface area contributed by atoms with Gasteiger partial charge in [-0.05, 0) is 24.5 Å². The predicted molar refractivity (Wildman–Crippen MR) is 52.4 cm³/mol. The zero-order valence-corrected chi connectivity index (χ0v) is 7.94. The van der Waals surface area contributed by atoms with Crippen molar-refractivity contribution in [1.82, 2.24) is 4.98 Å². The van der Waals surface area contributed by atoms with Crippen LogP contribution in [0.2, 0.25) is 0 Å². The average molecular weight is 180 g/mol. The molecule has 0 aliphatic rings. The van der Waals surface area contributed by atoms with Crippen LogP contribution in [0.3, 0.4) is 0 Å². The number of hydrogen-bond acceptors (Lipinski definition) is 3. The van der Waals surface area contributed by atoms with Crippen molar-refractivity contribution >= 4 is 0 Å². The molecule has 0 bridgehead atoms. The summed E-state index contributed by atoms with van der Waals surface area (Å²) in [5, 5.41) is 0. The van der Waals surface area contributed by atoms with Gasteiger partial charge in [0.25, 0.3) is 0 Å². The summed E-state index contributed by atoms with van der Waals surface area (Å²) < 4.78 is 4.95. The summed E-state index contributed by atoms with van der Waals surface area (Å²) in [7, 11) is 1.69. The molecule has 1 heterocycles. The monoisotopic (exact) mass is 180 g/mol. The topological polar surface area (TPSA) is 48.1 Å². The molecular formula is C10H16N2O. The first-order valence-electron chi connectivity index (χ1n) is 4.46. The molecule has 2 N–H and O–H groups in total. The lowest BCUT2D eigenvalue weighted by molar-refractivity contribution is 0.188. The highest BCUT2D eigenvalue weighted by atomic mass is 16.5. The molecule has 13 heavy (non-hydrogen) atoms. The second-order valence-electron chi connectivity index (χ2n) is 3.11. The average Bonchev–Trinajstić information content (AvgIpc) is 2.16. The van der Waals surface area contributed by atoms with Crippen molar-refractivity contribution in [3.05, 3.63) is 30.1 Å². The zero-order valence-electron chi connectivity index (χ0n) is 7.94. The van der Waals surface area contributed by atoms with E-state index >= 15 is 0 Å². The summed E-state index contributed by atoms with van der Waals surface area (Å²) in [4.78, 5) is 4.03. The van der Waals surface area contributed by atoms with Gasteiger partial charge in [-0.2, -0.15) is 0 Å². The minimum absolute atomic E-state index is 0.171. The van der Waals surface area contributed by atoms with E-state index in [4.69, 9.17) is 10.5 Å². The molecule has 0 saturated carbocycles. The van der Waals surface area contributed by atoms with Crippen molar-refractivity contribution < 1.29 is 4.74 Å². The molecule has 0 saturated heterocycles. The third-order valence-corrected chi connectivity index (χ3v) is 1.91. The van der Waals surface area contributed by atoms with E-state index in [1.807, 2.05) is 18.3 Å². The number of ether oxygens (including phenoxy) is 1. The molecule has 72 valence electrons. The molecule has 1 rings (SSSR count). The summed E-state index contributed by atoms with van der Waals surface area (Å²) in [6.45, 7) is 0.724. The molecule has 1 aromatic heterocycles. The zero-order chi connectivity index (χ0) is 9.52. The Morgan fingerprint density at radius 2 is 2.46 bits per heavy atom. The van der Waals surface area contributed by atoms with Gasteiger partial charge in [0.1, 0.15) is 0 Å². The maximum Gasteiger partial charge on any atom is 0.0477 e.